The van der Waals surface area contributed by atoms with E-state index in [1.807, 2.05) is 0 Å². The topological polar surface area (TPSA) is 56.7 Å². The summed E-state index contributed by atoms with van der Waals surface area (Å²) in [6, 6.07) is 0.624. The number of carboxylic acids is 1. The van der Waals surface area contributed by atoms with Crippen molar-refractivity contribution in [3.8, 4) is 0 Å². The van der Waals surface area contributed by atoms with Crippen LogP contribution in [0.25, 0.3) is 0 Å². The molecule has 2 aliphatic heterocycles. The summed E-state index contributed by atoms with van der Waals surface area (Å²) in [5.74, 6) is -0.834. The van der Waals surface area contributed by atoms with E-state index >= 15 is 0 Å². The lowest BCUT2D eigenvalue weighted by Gasteiger charge is -2.25. The summed E-state index contributed by atoms with van der Waals surface area (Å²) in [6.45, 7) is 6.44. The average molecular weight is 309 g/mol. The zero-order valence-electron chi connectivity index (χ0n) is 12.5. The zero-order valence-corrected chi connectivity index (χ0v) is 13.4. The number of carbonyl (C=O) groups is 1. The van der Waals surface area contributed by atoms with Crippen LogP contribution in [0.1, 0.15) is 48.0 Å². The normalized spacial score (nSPS) is 23.1. The van der Waals surface area contributed by atoms with Crippen molar-refractivity contribution in [2.45, 2.75) is 45.1 Å². The molecule has 1 aromatic rings. The molecule has 5 nitrogen and oxygen atoms in total. The van der Waals surface area contributed by atoms with Crippen molar-refractivity contribution >= 4 is 22.4 Å². The average Bonchev–Trinajstić information content (AvgIpc) is 3.01. The van der Waals surface area contributed by atoms with Gasteiger partial charge in [-0.3, -0.25) is 4.90 Å². The quantitative estimate of drug-likeness (QED) is 0.926. The first-order chi connectivity index (χ1) is 10.2. The van der Waals surface area contributed by atoms with E-state index in [1.54, 1.807) is 0 Å². The van der Waals surface area contributed by atoms with Gasteiger partial charge < -0.3 is 10.0 Å². The molecule has 0 saturated carbocycles. The molecule has 2 saturated heterocycles. The molecule has 0 aliphatic carbocycles. The Labute approximate surface area is 129 Å². The number of aromatic nitrogens is 1. The first kappa shape index (κ1) is 14.8. The molecule has 2 aliphatic rings. The molecule has 2 fully saturated rings. The summed E-state index contributed by atoms with van der Waals surface area (Å²) in [7, 11) is 0. The number of nitrogens with zero attached hydrogens (tertiary/aromatic N) is 3. The van der Waals surface area contributed by atoms with Gasteiger partial charge in [-0.2, -0.15) is 0 Å². The highest BCUT2D eigenvalue weighted by Crippen LogP contribution is 2.30. The molecule has 0 radical (unpaired) electrons. The summed E-state index contributed by atoms with van der Waals surface area (Å²) >= 11 is 1.35. The molecule has 1 aromatic heterocycles. The van der Waals surface area contributed by atoms with E-state index in [-0.39, 0.29) is 0 Å². The lowest BCUT2D eigenvalue weighted by atomic mass is 10.2. The van der Waals surface area contributed by atoms with E-state index in [0.717, 1.165) is 43.2 Å². The van der Waals surface area contributed by atoms with Gasteiger partial charge in [0.05, 0.1) is 5.69 Å². The van der Waals surface area contributed by atoms with Crippen molar-refractivity contribution in [3.63, 3.8) is 0 Å². The molecule has 1 atom stereocenters. The molecule has 1 N–H and O–H groups in total. The van der Waals surface area contributed by atoms with Gasteiger partial charge in [0.15, 0.2) is 5.13 Å². The lowest BCUT2D eigenvalue weighted by Crippen LogP contribution is -2.36. The Morgan fingerprint density at radius 2 is 2.19 bits per heavy atom. The molecular formula is C15H23N3O2S. The van der Waals surface area contributed by atoms with Crippen LogP contribution in [-0.2, 0) is 6.42 Å². The van der Waals surface area contributed by atoms with Crippen LogP contribution < -0.4 is 4.90 Å². The fourth-order valence-electron chi connectivity index (χ4n) is 3.43. The molecule has 0 amide bonds. The fourth-order valence-corrected chi connectivity index (χ4v) is 4.41. The lowest BCUT2D eigenvalue weighted by molar-refractivity contribution is 0.0700. The standard InChI is InChI=1S/C15H23N3O2S/c1-2-5-12-13(14(19)20)21-15(16-12)18-9-4-8-17-7-3-6-11(17)10-18/h11H,2-10H2,1H3,(H,19,20). The first-order valence-corrected chi connectivity index (χ1v) is 8.72. The summed E-state index contributed by atoms with van der Waals surface area (Å²) in [5, 5.41) is 10.3. The minimum Gasteiger partial charge on any atom is -0.477 e. The number of anilines is 1. The van der Waals surface area contributed by atoms with E-state index in [2.05, 4.69) is 21.7 Å². The van der Waals surface area contributed by atoms with Crippen LogP contribution in [0, 0.1) is 0 Å². The minimum absolute atomic E-state index is 0.430. The molecule has 3 heterocycles. The Morgan fingerprint density at radius 1 is 1.38 bits per heavy atom. The molecule has 6 heteroatoms. The molecule has 3 rings (SSSR count). The number of thiazole rings is 1. The van der Waals surface area contributed by atoms with Gasteiger partial charge in [-0.25, -0.2) is 9.78 Å². The van der Waals surface area contributed by atoms with Crippen LogP contribution in [-0.4, -0.2) is 53.2 Å². The predicted octanol–water partition coefficient (Wildman–Crippen LogP) is 2.47. The van der Waals surface area contributed by atoms with E-state index in [9.17, 15) is 9.90 Å². The van der Waals surface area contributed by atoms with Crippen LogP contribution in [0.3, 0.4) is 0 Å². The largest absolute Gasteiger partial charge is 0.477 e. The fraction of sp³-hybridized carbons (Fsp3) is 0.733. The molecule has 0 spiro atoms. The maximum absolute atomic E-state index is 11.4. The van der Waals surface area contributed by atoms with Gasteiger partial charge in [-0.05, 0) is 32.2 Å². The number of hydrogen-bond donors (Lipinski definition) is 1. The Morgan fingerprint density at radius 3 is 2.95 bits per heavy atom. The van der Waals surface area contributed by atoms with E-state index in [4.69, 9.17) is 0 Å². The van der Waals surface area contributed by atoms with Gasteiger partial charge in [-0.1, -0.05) is 24.7 Å². The third kappa shape index (κ3) is 3.06. The van der Waals surface area contributed by atoms with Crippen LogP contribution >= 0.6 is 11.3 Å². The molecule has 21 heavy (non-hydrogen) atoms. The maximum Gasteiger partial charge on any atom is 0.347 e. The highest BCUT2D eigenvalue weighted by atomic mass is 32.1. The number of aromatic carboxylic acids is 1. The van der Waals surface area contributed by atoms with Crippen molar-refractivity contribution in [2.24, 2.45) is 0 Å². The van der Waals surface area contributed by atoms with Crippen LogP contribution in [0.4, 0.5) is 5.13 Å². The summed E-state index contributed by atoms with van der Waals surface area (Å²) in [6.07, 6.45) is 5.37. The first-order valence-electron chi connectivity index (χ1n) is 7.91. The van der Waals surface area contributed by atoms with Gasteiger partial charge >= 0.3 is 5.97 Å². The van der Waals surface area contributed by atoms with E-state index < -0.39 is 5.97 Å². The second-order valence-electron chi connectivity index (χ2n) is 5.96. The molecule has 0 bridgehead atoms. The van der Waals surface area contributed by atoms with Crippen molar-refractivity contribution < 1.29 is 9.90 Å². The van der Waals surface area contributed by atoms with Crippen molar-refractivity contribution in [1.82, 2.24) is 9.88 Å². The Bertz CT molecular complexity index is 517. The summed E-state index contributed by atoms with van der Waals surface area (Å²) in [4.78, 5) is 21.4. The molecule has 116 valence electrons. The van der Waals surface area contributed by atoms with Crippen LogP contribution in [0.15, 0.2) is 0 Å². The highest BCUT2D eigenvalue weighted by molar-refractivity contribution is 7.17. The van der Waals surface area contributed by atoms with E-state index in [1.165, 1.54) is 37.3 Å². The predicted molar refractivity (Wildman–Crippen MR) is 84.5 cm³/mol. The van der Waals surface area contributed by atoms with E-state index in [0.29, 0.717) is 10.9 Å². The summed E-state index contributed by atoms with van der Waals surface area (Å²) < 4.78 is 0. The van der Waals surface area contributed by atoms with Crippen LogP contribution in [0.5, 0.6) is 0 Å². The van der Waals surface area contributed by atoms with Gasteiger partial charge in [0, 0.05) is 25.7 Å². The molecule has 0 aromatic carbocycles. The van der Waals surface area contributed by atoms with Crippen molar-refractivity contribution in [1.29, 1.82) is 0 Å². The second kappa shape index (κ2) is 6.32. The van der Waals surface area contributed by atoms with Gasteiger partial charge in [-0.15, -0.1) is 0 Å². The number of aryl methyl sites for hydroxylation is 1. The van der Waals surface area contributed by atoms with Crippen molar-refractivity contribution in [3.05, 3.63) is 10.6 Å². The Balaban J connectivity index is 1.82. The van der Waals surface area contributed by atoms with Gasteiger partial charge in [0.2, 0.25) is 0 Å². The number of carboxylic acid groups (broad SMARTS) is 1. The van der Waals surface area contributed by atoms with Crippen molar-refractivity contribution in [2.75, 3.05) is 31.1 Å². The third-order valence-electron chi connectivity index (χ3n) is 4.44. The maximum atomic E-state index is 11.4. The van der Waals surface area contributed by atoms with Gasteiger partial charge in [0.1, 0.15) is 4.88 Å². The van der Waals surface area contributed by atoms with Gasteiger partial charge in [0.25, 0.3) is 0 Å². The number of hydrogen-bond acceptors (Lipinski definition) is 5. The number of fused-ring (bicyclic) bond motifs is 1. The molecule has 1 unspecified atom stereocenters. The molecular weight excluding hydrogens is 286 g/mol. The smallest absolute Gasteiger partial charge is 0.347 e. The highest BCUT2D eigenvalue weighted by Gasteiger charge is 2.30. The van der Waals surface area contributed by atoms with Crippen LogP contribution in [0.2, 0.25) is 0 Å². The monoisotopic (exact) mass is 309 g/mol. The zero-order chi connectivity index (χ0) is 14.8. The SMILES string of the molecule is CCCc1nc(N2CCCN3CCCC3C2)sc1C(=O)O. The minimum atomic E-state index is -0.834. The Kier molecular flexibility index (Phi) is 4.45. The summed E-state index contributed by atoms with van der Waals surface area (Å²) in [5.41, 5.74) is 0.762. The third-order valence-corrected chi connectivity index (χ3v) is 5.59. The second-order valence-corrected chi connectivity index (χ2v) is 6.94. The Hall–Kier alpha value is -1.14. The number of rotatable bonds is 4.